The van der Waals surface area contributed by atoms with Gasteiger partial charge in [0.25, 0.3) is 5.91 Å². The second kappa shape index (κ2) is 11.0. The largest absolute Gasteiger partial charge is 0.337 e. The third kappa shape index (κ3) is 8.49. The maximum Gasteiger partial charge on any atom is 0.319 e. The fourth-order valence-corrected chi connectivity index (χ4v) is 3.67. The summed E-state index contributed by atoms with van der Waals surface area (Å²) >= 11 is 0. The normalized spacial score (nSPS) is 14.2. The highest BCUT2D eigenvalue weighted by molar-refractivity contribution is 5.89. The van der Waals surface area contributed by atoms with E-state index >= 15 is 0 Å². The minimum atomic E-state index is -0.810. The molecule has 1 aromatic rings. The van der Waals surface area contributed by atoms with Crippen molar-refractivity contribution in [3.8, 4) is 0 Å². The molecule has 31 heavy (non-hydrogen) atoms. The summed E-state index contributed by atoms with van der Waals surface area (Å²) in [7, 11) is 0. The van der Waals surface area contributed by atoms with Gasteiger partial charge in [-0.15, -0.1) is 0 Å². The Bertz CT molecular complexity index is 777. The first kappa shape index (κ1) is 24.5. The van der Waals surface area contributed by atoms with Crippen molar-refractivity contribution < 1.29 is 28.4 Å². The highest BCUT2D eigenvalue weighted by Gasteiger charge is 2.29. The third-order valence-electron chi connectivity index (χ3n) is 5.24. The number of anilines is 1. The fourth-order valence-electron chi connectivity index (χ4n) is 3.67. The van der Waals surface area contributed by atoms with Crippen LogP contribution in [0.15, 0.2) is 18.2 Å². The molecule has 1 aromatic carbocycles. The summed E-state index contributed by atoms with van der Waals surface area (Å²) in [6.07, 6.45) is 4.25. The topological polar surface area (TPSA) is 111 Å². The molecule has 0 saturated heterocycles. The van der Waals surface area contributed by atoms with Gasteiger partial charge in [-0.3, -0.25) is 14.8 Å². The number of halogens is 2. The fraction of sp³-hybridized carbons (Fsp3) is 0.571. The van der Waals surface area contributed by atoms with Crippen molar-refractivity contribution in [3.63, 3.8) is 0 Å². The summed E-state index contributed by atoms with van der Waals surface area (Å²) in [4.78, 5) is 38.0. The van der Waals surface area contributed by atoms with Crippen LogP contribution in [0.5, 0.6) is 0 Å². The second-order valence-corrected chi connectivity index (χ2v) is 8.77. The molecule has 172 valence electrons. The van der Waals surface area contributed by atoms with Gasteiger partial charge in [-0.25, -0.2) is 19.1 Å². The van der Waals surface area contributed by atoms with Crippen molar-refractivity contribution in [3.05, 3.63) is 29.8 Å². The van der Waals surface area contributed by atoms with E-state index in [1.807, 2.05) is 0 Å². The van der Waals surface area contributed by atoms with Crippen LogP contribution in [0.4, 0.5) is 19.3 Å². The zero-order chi connectivity index (χ0) is 23.0. The molecular weight excluding hydrogens is 410 g/mol. The molecule has 0 aliphatic heterocycles. The van der Waals surface area contributed by atoms with Gasteiger partial charge in [-0.05, 0) is 36.3 Å². The number of carbonyl (C=O) groups is 3. The molecule has 1 saturated carbocycles. The van der Waals surface area contributed by atoms with Crippen LogP contribution in [0.25, 0.3) is 0 Å². The average molecular weight is 440 g/mol. The monoisotopic (exact) mass is 440 g/mol. The Morgan fingerprint density at radius 3 is 2.32 bits per heavy atom. The third-order valence-corrected chi connectivity index (χ3v) is 5.24. The SMILES string of the molecule is CC(C)(CNC(=O)Nc1cc(F)cc(F)c1)CC(=O)N(CC(=O)NO)CC1CCCC1. The Labute approximate surface area is 180 Å². The molecule has 2 rings (SSSR count). The first-order chi connectivity index (χ1) is 14.6. The van der Waals surface area contributed by atoms with Gasteiger partial charge in [0.15, 0.2) is 0 Å². The van der Waals surface area contributed by atoms with Crippen LogP contribution >= 0.6 is 0 Å². The van der Waals surface area contributed by atoms with Crippen LogP contribution in [0.1, 0.15) is 46.0 Å². The van der Waals surface area contributed by atoms with Crippen LogP contribution in [0.3, 0.4) is 0 Å². The number of hydrogen-bond acceptors (Lipinski definition) is 4. The van der Waals surface area contributed by atoms with Gasteiger partial charge in [-0.1, -0.05) is 26.7 Å². The Kier molecular flexibility index (Phi) is 8.73. The summed E-state index contributed by atoms with van der Waals surface area (Å²) < 4.78 is 26.5. The van der Waals surface area contributed by atoms with Gasteiger partial charge < -0.3 is 15.5 Å². The lowest BCUT2D eigenvalue weighted by atomic mass is 9.88. The number of urea groups is 1. The highest BCUT2D eigenvalue weighted by atomic mass is 19.1. The molecule has 4 N–H and O–H groups in total. The van der Waals surface area contributed by atoms with E-state index < -0.39 is 29.0 Å². The zero-order valence-corrected chi connectivity index (χ0v) is 17.8. The first-order valence-corrected chi connectivity index (χ1v) is 10.3. The molecule has 8 nitrogen and oxygen atoms in total. The van der Waals surface area contributed by atoms with Gasteiger partial charge in [0.2, 0.25) is 5.91 Å². The molecule has 4 amide bonds. The Balaban J connectivity index is 1.90. The maximum absolute atomic E-state index is 13.2. The number of amides is 4. The minimum Gasteiger partial charge on any atom is -0.337 e. The summed E-state index contributed by atoms with van der Waals surface area (Å²) in [6, 6.07) is 2.02. The molecule has 1 aliphatic rings. The molecule has 0 bridgehead atoms. The van der Waals surface area contributed by atoms with Crippen molar-refractivity contribution >= 4 is 23.5 Å². The molecule has 0 heterocycles. The molecule has 0 spiro atoms. The van der Waals surface area contributed by atoms with E-state index in [1.165, 1.54) is 4.90 Å². The Hall–Kier alpha value is -2.75. The van der Waals surface area contributed by atoms with E-state index in [-0.39, 0.29) is 31.1 Å². The second-order valence-electron chi connectivity index (χ2n) is 8.77. The van der Waals surface area contributed by atoms with E-state index in [9.17, 15) is 23.2 Å². The lowest BCUT2D eigenvalue weighted by Crippen LogP contribution is -2.45. The predicted molar refractivity (Wildman–Crippen MR) is 110 cm³/mol. The molecule has 1 aliphatic carbocycles. The molecule has 1 fully saturated rings. The van der Waals surface area contributed by atoms with Crippen LogP contribution in [-0.4, -0.2) is 47.6 Å². The predicted octanol–water partition coefficient (Wildman–Crippen LogP) is 3.03. The van der Waals surface area contributed by atoms with Gasteiger partial charge in [0.1, 0.15) is 18.2 Å². The zero-order valence-electron chi connectivity index (χ0n) is 17.8. The molecule has 10 heteroatoms. The van der Waals surface area contributed by atoms with Crippen LogP contribution in [-0.2, 0) is 9.59 Å². The number of hydrogen-bond donors (Lipinski definition) is 4. The number of hydroxylamine groups is 1. The quantitative estimate of drug-likeness (QED) is 0.349. The minimum absolute atomic E-state index is 0.0263. The maximum atomic E-state index is 13.2. The number of rotatable bonds is 9. The standard InChI is InChI=1S/C21H30F2N4O4/c1-21(2,13-24-20(30)25-17-8-15(22)7-16(23)9-17)10-19(29)27(12-18(28)26-31)11-14-5-3-4-6-14/h7-9,14,31H,3-6,10-13H2,1-2H3,(H,26,28)(H2,24,25,30). The van der Waals surface area contributed by atoms with Gasteiger partial charge >= 0.3 is 6.03 Å². The van der Waals surface area contributed by atoms with Crippen molar-refractivity contribution in [2.24, 2.45) is 11.3 Å². The van der Waals surface area contributed by atoms with Gasteiger partial charge in [0.05, 0.1) is 0 Å². The Morgan fingerprint density at radius 2 is 1.74 bits per heavy atom. The van der Waals surface area contributed by atoms with E-state index in [0.717, 1.165) is 37.8 Å². The van der Waals surface area contributed by atoms with Crippen molar-refractivity contribution in [1.82, 2.24) is 15.7 Å². The van der Waals surface area contributed by atoms with Crippen molar-refractivity contribution in [1.29, 1.82) is 0 Å². The molecule has 0 aromatic heterocycles. The van der Waals surface area contributed by atoms with E-state index in [0.29, 0.717) is 18.5 Å². The summed E-state index contributed by atoms with van der Waals surface area (Å²) in [5.41, 5.74) is 0.884. The smallest absolute Gasteiger partial charge is 0.319 e. The number of nitrogens with one attached hydrogen (secondary N) is 3. The van der Waals surface area contributed by atoms with Crippen LogP contribution in [0.2, 0.25) is 0 Å². The van der Waals surface area contributed by atoms with Gasteiger partial charge in [0, 0.05) is 31.3 Å². The van der Waals surface area contributed by atoms with E-state index in [1.54, 1.807) is 19.3 Å². The van der Waals surface area contributed by atoms with E-state index in [2.05, 4.69) is 10.6 Å². The molecular formula is C21H30F2N4O4. The summed E-state index contributed by atoms with van der Waals surface area (Å²) in [6.45, 7) is 3.90. The van der Waals surface area contributed by atoms with Crippen LogP contribution in [0, 0.1) is 23.0 Å². The molecule has 0 unspecified atom stereocenters. The van der Waals surface area contributed by atoms with Crippen LogP contribution < -0.4 is 16.1 Å². The van der Waals surface area contributed by atoms with Crippen molar-refractivity contribution in [2.45, 2.75) is 46.0 Å². The number of nitrogens with zero attached hydrogens (tertiary/aromatic N) is 1. The van der Waals surface area contributed by atoms with Gasteiger partial charge in [-0.2, -0.15) is 0 Å². The molecule has 0 atom stereocenters. The lowest BCUT2D eigenvalue weighted by molar-refractivity contribution is -0.141. The highest BCUT2D eigenvalue weighted by Crippen LogP contribution is 2.27. The summed E-state index contributed by atoms with van der Waals surface area (Å²) in [5.74, 6) is -2.21. The number of carbonyl (C=O) groups excluding carboxylic acids is 3. The first-order valence-electron chi connectivity index (χ1n) is 10.3. The summed E-state index contributed by atoms with van der Waals surface area (Å²) in [5, 5.41) is 13.8. The van der Waals surface area contributed by atoms with Crippen molar-refractivity contribution in [2.75, 3.05) is 25.0 Å². The molecule has 0 radical (unpaired) electrons. The Morgan fingerprint density at radius 1 is 1.13 bits per heavy atom. The number of benzene rings is 1. The van der Waals surface area contributed by atoms with E-state index in [4.69, 9.17) is 5.21 Å². The lowest BCUT2D eigenvalue weighted by Gasteiger charge is -2.30. The average Bonchev–Trinajstić information content (AvgIpc) is 3.18.